The molecule has 0 unspecified atom stereocenters. The lowest BCUT2D eigenvalue weighted by Gasteiger charge is -2.33. The standard InChI is InChI=1S/C25H29N9/c1-17-18(2)25(30-34-16-28-29-24(17)34)33-7-6-22-21(15-33)12-20(14-26-22)19-4-5-23(27-13-19)32-10-8-31(3)9-11-32/h4-5,12-14,16H,6-11,15H2,1-3H3. The Labute approximate surface area is 199 Å². The topological polar surface area (TPSA) is 78.6 Å². The summed E-state index contributed by atoms with van der Waals surface area (Å²) >= 11 is 0. The number of hydrogen-bond acceptors (Lipinski definition) is 8. The maximum Gasteiger partial charge on any atom is 0.180 e. The van der Waals surface area contributed by atoms with E-state index in [1.54, 1.807) is 10.8 Å². The van der Waals surface area contributed by atoms with E-state index in [-0.39, 0.29) is 0 Å². The van der Waals surface area contributed by atoms with Gasteiger partial charge >= 0.3 is 0 Å². The van der Waals surface area contributed by atoms with E-state index in [0.29, 0.717) is 0 Å². The Morgan fingerprint density at radius 1 is 0.853 bits per heavy atom. The second-order valence-electron chi connectivity index (χ2n) is 9.37. The van der Waals surface area contributed by atoms with Gasteiger partial charge in [0.25, 0.3) is 0 Å². The molecule has 6 heterocycles. The van der Waals surface area contributed by atoms with Crippen LogP contribution in [0.3, 0.4) is 0 Å². The second-order valence-corrected chi connectivity index (χ2v) is 9.37. The fourth-order valence-corrected chi connectivity index (χ4v) is 4.91. The minimum absolute atomic E-state index is 0.782. The van der Waals surface area contributed by atoms with Crippen LogP contribution in [0.1, 0.15) is 22.4 Å². The minimum atomic E-state index is 0.782. The first-order valence-corrected chi connectivity index (χ1v) is 11.9. The van der Waals surface area contributed by atoms with Crippen molar-refractivity contribution >= 4 is 17.3 Å². The molecule has 0 amide bonds. The second kappa shape index (κ2) is 8.32. The molecular weight excluding hydrogens is 426 g/mol. The summed E-state index contributed by atoms with van der Waals surface area (Å²) < 4.78 is 1.77. The molecule has 174 valence electrons. The van der Waals surface area contributed by atoms with Gasteiger partial charge in [-0.3, -0.25) is 4.98 Å². The number of aromatic nitrogens is 6. The van der Waals surface area contributed by atoms with Crippen molar-refractivity contribution in [2.45, 2.75) is 26.8 Å². The van der Waals surface area contributed by atoms with Gasteiger partial charge in [0.2, 0.25) is 0 Å². The highest BCUT2D eigenvalue weighted by molar-refractivity contribution is 5.65. The van der Waals surface area contributed by atoms with E-state index < -0.39 is 0 Å². The van der Waals surface area contributed by atoms with Crippen LogP contribution < -0.4 is 9.80 Å². The molecule has 0 N–H and O–H groups in total. The van der Waals surface area contributed by atoms with E-state index in [1.165, 1.54) is 11.3 Å². The van der Waals surface area contributed by atoms with Gasteiger partial charge in [0, 0.05) is 86.0 Å². The van der Waals surface area contributed by atoms with E-state index >= 15 is 0 Å². The van der Waals surface area contributed by atoms with Gasteiger partial charge < -0.3 is 14.7 Å². The quantitative estimate of drug-likeness (QED) is 0.466. The molecule has 34 heavy (non-hydrogen) atoms. The average Bonchev–Trinajstić information content (AvgIpc) is 3.35. The summed E-state index contributed by atoms with van der Waals surface area (Å²) in [6, 6.07) is 6.57. The molecule has 0 aliphatic carbocycles. The molecule has 1 saturated heterocycles. The van der Waals surface area contributed by atoms with Gasteiger partial charge in [-0.25, -0.2) is 4.98 Å². The first-order chi connectivity index (χ1) is 16.6. The summed E-state index contributed by atoms with van der Waals surface area (Å²) in [7, 11) is 2.17. The lowest BCUT2D eigenvalue weighted by molar-refractivity contribution is 0.312. The normalized spacial score (nSPS) is 16.8. The molecule has 2 aliphatic heterocycles. The van der Waals surface area contributed by atoms with Crippen molar-refractivity contribution in [1.29, 1.82) is 0 Å². The van der Waals surface area contributed by atoms with E-state index in [1.807, 2.05) is 12.4 Å². The predicted octanol–water partition coefficient (Wildman–Crippen LogP) is 2.51. The number of fused-ring (bicyclic) bond motifs is 2. The summed E-state index contributed by atoms with van der Waals surface area (Å²) in [6.07, 6.45) is 6.53. The molecule has 9 heteroatoms. The van der Waals surface area contributed by atoms with Crippen molar-refractivity contribution in [1.82, 2.24) is 34.7 Å². The van der Waals surface area contributed by atoms with Crippen LogP contribution in [-0.4, -0.2) is 74.5 Å². The van der Waals surface area contributed by atoms with Gasteiger partial charge in [0.05, 0.1) is 0 Å². The highest BCUT2D eigenvalue weighted by Gasteiger charge is 2.23. The zero-order valence-corrected chi connectivity index (χ0v) is 19.9. The molecule has 0 bridgehead atoms. The van der Waals surface area contributed by atoms with E-state index in [2.05, 4.69) is 64.0 Å². The summed E-state index contributed by atoms with van der Waals surface area (Å²) in [6.45, 7) is 10.1. The van der Waals surface area contributed by atoms with Crippen molar-refractivity contribution in [3.8, 4) is 11.1 Å². The van der Waals surface area contributed by atoms with Crippen molar-refractivity contribution in [3.05, 3.63) is 59.3 Å². The summed E-state index contributed by atoms with van der Waals surface area (Å²) in [5, 5.41) is 13.0. The molecular formula is C25H29N9. The van der Waals surface area contributed by atoms with Crippen molar-refractivity contribution in [2.24, 2.45) is 0 Å². The molecule has 4 aromatic heterocycles. The van der Waals surface area contributed by atoms with Crippen molar-refractivity contribution < 1.29 is 0 Å². The largest absolute Gasteiger partial charge is 0.354 e. The van der Waals surface area contributed by atoms with Crippen LogP contribution in [0.25, 0.3) is 16.8 Å². The molecule has 9 nitrogen and oxygen atoms in total. The molecule has 0 radical (unpaired) electrons. The Hall–Kier alpha value is -3.59. The third-order valence-electron chi connectivity index (χ3n) is 7.21. The lowest BCUT2D eigenvalue weighted by atomic mass is 10.0. The van der Waals surface area contributed by atoms with Crippen LogP contribution in [0, 0.1) is 13.8 Å². The summed E-state index contributed by atoms with van der Waals surface area (Å²) in [5.41, 5.74) is 7.70. The molecule has 6 rings (SSSR count). The molecule has 0 spiro atoms. The SMILES string of the molecule is Cc1c(N2CCc3ncc(-c4ccc(N5CCN(C)CC5)nc4)cc3C2)nn2cnnc2c1C. The molecule has 0 aromatic carbocycles. The number of likely N-dealkylation sites (N-methyl/N-ethyl adjacent to an activating group) is 1. The minimum Gasteiger partial charge on any atom is -0.354 e. The van der Waals surface area contributed by atoms with Crippen molar-refractivity contribution in [3.63, 3.8) is 0 Å². The Balaban J connectivity index is 1.25. The zero-order valence-electron chi connectivity index (χ0n) is 19.9. The van der Waals surface area contributed by atoms with Gasteiger partial charge in [0.1, 0.15) is 12.1 Å². The lowest BCUT2D eigenvalue weighted by Crippen LogP contribution is -2.44. The highest BCUT2D eigenvalue weighted by atomic mass is 15.4. The van der Waals surface area contributed by atoms with Crippen LogP contribution in [-0.2, 0) is 13.0 Å². The maximum absolute atomic E-state index is 4.81. The number of rotatable bonds is 3. The van der Waals surface area contributed by atoms with Gasteiger partial charge in [0.15, 0.2) is 11.5 Å². The van der Waals surface area contributed by atoms with Gasteiger partial charge in [-0.15, -0.1) is 15.3 Å². The number of piperazine rings is 1. The van der Waals surface area contributed by atoms with E-state index in [9.17, 15) is 0 Å². The number of aryl methyl sites for hydroxylation is 1. The number of hydrogen-bond donors (Lipinski definition) is 0. The van der Waals surface area contributed by atoms with Crippen LogP contribution in [0.5, 0.6) is 0 Å². The molecule has 2 aliphatic rings. The Morgan fingerprint density at radius 2 is 1.68 bits per heavy atom. The Morgan fingerprint density at radius 3 is 2.47 bits per heavy atom. The highest BCUT2D eigenvalue weighted by Crippen LogP contribution is 2.30. The van der Waals surface area contributed by atoms with Crippen LogP contribution >= 0.6 is 0 Å². The molecule has 4 aromatic rings. The third-order valence-corrected chi connectivity index (χ3v) is 7.21. The zero-order chi connectivity index (χ0) is 23.2. The first-order valence-electron chi connectivity index (χ1n) is 11.9. The Bertz CT molecular complexity index is 1340. The monoisotopic (exact) mass is 455 g/mol. The maximum atomic E-state index is 4.81. The average molecular weight is 456 g/mol. The van der Waals surface area contributed by atoms with Crippen LogP contribution in [0.4, 0.5) is 11.6 Å². The number of pyridine rings is 2. The van der Waals surface area contributed by atoms with Crippen LogP contribution in [0.2, 0.25) is 0 Å². The fraction of sp³-hybridized carbons (Fsp3) is 0.400. The molecule has 1 fully saturated rings. The first kappa shape index (κ1) is 21.0. The van der Waals surface area contributed by atoms with Crippen molar-refractivity contribution in [2.75, 3.05) is 49.6 Å². The van der Waals surface area contributed by atoms with Gasteiger partial charge in [-0.05, 0) is 44.7 Å². The number of nitrogens with zero attached hydrogens (tertiary/aromatic N) is 9. The summed E-state index contributed by atoms with van der Waals surface area (Å²) in [4.78, 5) is 16.6. The summed E-state index contributed by atoms with van der Waals surface area (Å²) in [5.74, 6) is 2.04. The fourth-order valence-electron chi connectivity index (χ4n) is 4.91. The van der Waals surface area contributed by atoms with Gasteiger partial charge in [-0.2, -0.15) is 4.52 Å². The number of anilines is 2. The Kier molecular flexibility index (Phi) is 5.13. The molecule has 0 saturated carbocycles. The van der Waals surface area contributed by atoms with E-state index in [4.69, 9.17) is 15.1 Å². The van der Waals surface area contributed by atoms with Crippen LogP contribution in [0.15, 0.2) is 36.9 Å². The van der Waals surface area contributed by atoms with E-state index in [0.717, 1.165) is 85.2 Å². The predicted molar refractivity (Wildman–Crippen MR) is 132 cm³/mol. The third kappa shape index (κ3) is 3.66. The molecule has 0 atom stereocenters. The van der Waals surface area contributed by atoms with Gasteiger partial charge in [-0.1, -0.05) is 0 Å². The smallest absolute Gasteiger partial charge is 0.180 e.